The largest absolute Gasteiger partial charge is 2.00 e. The number of para-hydroxylation sites is 1. The second-order valence-electron chi connectivity index (χ2n) is 6.70. The second-order valence-corrected chi connectivity index (χ2v) is 6.70. The van der Waals surface area contributed by atoms with Crippen molar-refractivity contribution in [1.82, 2.24) is 0 Å². The summed E-state index contributed by atoms with van der Waals surface area (Å²) in [5.41, 5.74) is 1.27. The molecule has 1 nitrogen and oxygen atoms in total. The molecule has 4 saturated carbocycles. The smallest absolute Gasteiger partial charge is 0.370 e. The van der Waals surface area contributed by atoms with E-state index >= 15 is 0 Å². The predicted molar refractivity (Wildman–Crippen MR) is 123 cm³/mol. The molecule has 4 aliphatic rings. The van der Waals surface area contributed by atoms with Crippen LogP contribution in [0.1, 0.15) is 0 Å². The Hall–Kier alpha value is 0.0590. The predicted octanol–water partition coefficient (Wildman–Crippen LogP) is 5.34. The van der Waals surface area contributed by atoms with Crippen LogP contribution in [0.3, 0.4) is 0 Å². The fourth-order valence-corrected chi connectivity index (χ4v) is 3.00. The number of benzene rings is 1. The minimum Gasteiger partial charge on any atom is -0.370 e. The van der Waals surface area contributed by atoms with Crippen LogP contribution in [0.15, 0.2) is 30.3 Å². The van der Waals surface area contributed by atoms with Crippen molar-refractivity contribution in [2.24, 2.45) is 0 Å². The summed E-state index contributed by atoms with van der Waals surface area (Å²) in [6, 6.07) is 10.6. The topological polar surface area (TPSA) is 3.24 Å². The van der Waals surface area contributed by atoms with E-state index in [2.05, 4.69) is 86.6 Å². The molecule has 4 fully saturated rings. The summed E-state index contributed by atoms with van der Waals surface area (Å²) in [6.07, 6.45) is 37.1. The summed E-state index contributed by atoms with van der Waals surface area (Å²) in [7, 11) is 0. The summed E-state index contributed by atoms with van der Waals surface area (Å²) in [5, 5.41) is 0. The van der Waals surface area contributed by atoms with Crippen molar-refractivity contribution in [1.29, 1.82) is 0 Å². The standard InChI is InChI=1S/C18H17N.2C5H5.2Fe/c1-2-12-18(13-3-1)19(14-16-8-4-5-9-16)15-17-10-6-7-11-17;2*1-2-4-5-3-1;;/h1-13H,14-15H2;2*1-5H;;/q;;;2*+2. The quantitative estimate of drug-likeness (QED) is 0.505. The first-order valence-corrected chi connectivity index (χ1v) is 9.96. The van der Waals surface area contributed by atoms with Crippen molar-refractivity contribution in [2.75, 3.05) is 18.0 Å². The normalized spacial score (nSPS) is 20.6. The van der Waals surface area contributed by atoms with Gasteiger partial charge in [-0.3, -0.25) is 0 Å². The van der Waals surface area contributed by atoms with E-state index < -0.39 is 0 Å². The van der Waals surface area contributed by atoms with E-state index in [0.717, 1.165) is 13.1 Å². The average Bonchev–Trinajstić information content (AvgIpc) is 3.58. The number of hydrogen-bond donors (Lipinski definition) is 0. The van der Waals surface area contributed by atoms with Crippen LogP contribution in [0.25, 0.3) is 0 Å². The van der Waals surface area contributed by atoms with Gasteiger partial charge in [0.05, 0.1) is 0 Å². The van der Waals surface area contributed by atoms with Gasteiger partial charge in [-0.15, -0.1) is 0 Å². The van der Waals surface area contributed by atoms with Crippen LogP contribution in [0, 0.1) is 127 Å². The van der Waals surface area contributed by atoms with Crippen molar-refractivity contribution in [3.8, 4) is 0 Å². The van der Waals surface area contributed by atoms with Gasteiger partial charge in [0.15, 0.2) is 0 Å². The summed E-state index contributed by atoms with van der Waals surface area (Å²) in [4.78, 5) is 2.41. The SMILES string of the molecule is [CH]1[CH][CH][CH][CH]1.[CH]1[CH][CH][CH][CH]1.[CH]1[CH][CH][C](CN(C[C]2[CH][CH][CH][CH]2)c2ccccc2)[CH]1.[Fe+2].[Fe+2]. The molecular formula is C28H27Fe2N+4. The number of rotatable bonds is 5. The molecule has 0 amide bonds. The molecule has 1 aromatic rings. The molecule has 0 aromatic heterocycles. The van der Waals surface area contributed by atoms with E-state index in [1.807, 2.05) is 64.2 Å². The molecule has 3 heteroatoms. The van der Waals surface area contributed by atoms with Gasteiger partial charge < -0.3 is 4.90 Å². The molecule has 156 valence electrons. The Morgan fingerprint density at radius 2 is 0.742 bits per heavy atom. The summed E-state index contributed by atoms with van der Waals surface area (Å²) in [5.74, 6) is 2.71. The zero-order valence-electron chi connectivity index (χ0n) is 17.3. The van der Waals surface area contributed by atoms with Crippen molar-refractivity contribution < 1.29 is 34.1 Å². The summed E-state index contributed by atoms with van der Waals surface area (Å²) in [6.45, 7) is 1.89. The first-order chi connectivity index (χ1) is 14.4. The van der Waals surface area contributed by atoms with Gasteiger partial charge in [-0.25, -0.2) is 0 Å². The molecule has 0 saturated heterocycles. The monoisotopic (exact) mass is 489 g/mol. The molecule has 0 unspecified atom stereocenters. The minimum atomic E-state index is 0. The van der Waals surface area contributed by atoms with Gasteiger partial charge in [0.25, 0.3) is 0 Å². The van der Waals surface area contributed by atoms with E-state index in [4.69, 9.17) is 0 Å². The van der Waals surface area contributed by atoms with Crippen LogP contribution in [0.5, 0.6) is 0 Å². The van der Waals surface area contributed by atoms with E-state index in [0.29, 0.717) is 0 Å². The van der Waals surface area contributed by atoms with Crippen molar-refractivity contribution in [3.63, 3.8) is 0 Å². The zero-order chi connectivity index (χ0) is 20.0. The zero-order valence-corrected chi connectivity index (χ0v) is 19.6. The third-order valence-corrected chi connectivity index (χ3v) is 4.44. The number of anilines is 1. The van der Waals surface area contributed by atoms with E-state index in [1.165, 1.54) is 17.5 Å². The molecule has 31 heavy (non-hydrogen) atoms. The Labute approximate surface area is 214 Å². The molecule has 0 N–H and O–H groups in total. The molecule has 20 radical (unpaired) electrons. The Kier molecular flexibility index (Phi) is 17.3. The third kappa shape index (κ3) is 12.2. The Balaban J connectivity index is 0.000000331. The Morgan fingerprint density at radius 1 is 0.419 bits per heavy atom. The van der Waals surface area contributed by atoms with Gasteiger partial charge in [0.2, 0.25) is 0 Å². The van der Waals surface area contributed by atoms with Gasteiger partial charge in [-0.1, -0.05) is 18.2 Å². The molecule has 0 bridgehead atoms. The van der Waals surface area contributed by atoms with Crippen LogP contribution < -0.4 is 4.90 Å². The molecule has 0 spiro atoms. The second kappa shape index (κ2) is 18.5. The molecule has 4 aliphatic carbocycles. The Bertz CT molecular complexity index is 458. The van der Waals surface area contributed by atoms with Crippen LogP contribution in [0.2, 0.25) is 0 Å². The maximum Gasteiger partial charge on any atom is 2.00 e. The van der Waals surface area contributed by atoms with Gasteiger partial charge in [0, 0.05) is 30.6 Å². The molecule has 5 rings (SSSR count). The number of hydrogen-bond acceptors (Lipinski definition) is 1. The fraction of sp³-hybridized carbons (Fsp3) is 0.0714. The first kappa shape index (κ1) is 29.1. The van der Waals surface area contributed by atoms with Gasteiger partial charge in [-0.05, 0) is 128 Å². The number of nitrogens with zero attached hydrogens (tertiary/aromatic N) is 1. The van der Waals surface area contributed by atoms with Crippen LogP contribution in [0.4, 0.5) is 5.69 Å². The summed E-state index contributed by atoms with van der Waals surface area (Å²) < 4.78 is 0. The molecule has 0 aliphatic heterocycles. The van der Waals surface area contributed by atoms with Crippen LogP contribution in [-0.4, -0.2) is 13.1 Å². The Morgan fingerprint density at radius 3 is 1.06 bits per heavy atom. The molecule has 0 heterocycles. The maximum atomic E-state index is 2.41. The minimum absolute atomic E-state index is 0. The molecular weight excluding hydrogens is 462 g/mol. The first-order valence-electron chi connectivity index (χ1n) is 9.96. The van der Waals surface area contributed by atoms with Gasteiger partial charge in [0.1, 0.15) is 0 Å². The van der Waals surface area contributed by atoms with Crippen LogP contribution >= 0.6 is 0 Å². The van der Waals surface area contributed by atoms with E-state index in [1.54, 1.807) is 0 Å². The van der Waals surface area contributed by atoms with E-state index in [-0.39, 0.29) is 34.1 Å². The third-order valence-electron chi connectivity index (χ3n) is 4.44. The molecule has 0 atom stereocenters. The van der Waals surface area contributed by atoms with Crippen molar-refractivity contribution >= 4 is 5.69 Å². The summed E-state index contributed by atoms with van der Waals surface area (Å²) >= 11 is 0. The van der Waals surface area contributed by atoms with Gasteiger partial charge in [-0.2, -0.15) is 0 Å². The van der Waals surface area contributed by atoms with Crippen molar-refractivity contribution in [3.05, 3.63) is 158 Å². The molecule has 1 aromatic carbocycles. The van der Waals surface area contributed by atoms with E-state index in [9.17, 15) is 0 Å². The fourth-order valence-electron chi connectivity index (χ4n) is 3.00. The van der Waals surface area contributed by atoms with Crippen LogP contribution in [-0.2, 0) is 34.1 Å². The average molecular weight is 489 g/mol. The maximum absolute atomic E-state index is 2.41. The van der Waals surface area contributed by atoms with Crippen molar-refractivity contribution in [2.45, 2.75) is 0 Å². The van der Waals surface area contributed by atoms with Gasteiger partial charge >= 0.3 is 34.1 Å².